The maximum absolute atomic E-state index is 13.0. The molecule has 0 fully saturated rings. The van der Waals surface area contributed by atoms with Crippen molar-refractivity contribution in [3.8, 4) is 0 Å². The van der Waals surface area contributed by atoms with Gasteiger partial charge in [0, 0.05) is 10.2 Å². The number of nitrogens with zero attached hydrogens (tertiary/aromatic N) is 2. The molecule has 0 bridgehead atoms. The van der Waals surface area contributed by atoms with Crippen LogP contribution in [0.25, 0.3) is 10.2 Å². The van der Waals surface area contributed by atoms with Crippen molar-refractivity contribution in [2.24, 2.45) is 0 Å². The lowest BCUT2D eigenvalue weighted by Gasteiger charge is -2.15. The van der Waals surface area contributed by atoms with Gasteiger partial charge in [-0.2, -0.15) is 0 Å². The largest absolute Gasteiger partial charge is 0.390 e. The molecule has 22 heavy (non-hydrogen) atoms. The Hall–Kier alpha value is -0.370. The summed E-state index contributed by atoms with van der Waals surface area (Å²) in [5.74, 6) is 0.855. The second-order valence-electron chi connectivity index (χ2n) is 5.44. The van der Waals surface area contributed by atoms with Crippen LogP contribution < -0.4 is 5.56 Å². The van der Waals surface area contributed by atoms with E-state index in [0.29, 0.717) is 11.9 Å². The molecule has 7 heteroatoms. The molecule has 0 amide bonds. The minimum Gasteiger partial charge on any atom is -0.390 e. The number of aryl methyl sites for hydroxylation is 2. The van der Waals surface area contributed by atoms with Gasteiger partial charge in [-0.3, -0.25) is 9.36 Å². The highest BCUT2D eigenvalue weighted by Gasteiger charge is 2.22. The van der Waals surface area contributed by atoms with Crippen LogP contribution in [0.15, 0.2) is 9.95 Å². The zero-order valence-electron chi connectivity index (χ0n) is 12.5. The van der Waals surface area contributed by atoms with E-state index in [4.69, 9.17) is 4.98 Å². The predicted octanol–water partition coefficient (Wildman–Crippen LogP) is 3.20. The van der Waals surface area contributed by atoms with Crippen LogP contribution in [0, 0.1) is 0 Å². The van der Waals surface area contributed by atoms with Crippen molar-refractivity contribution in [2.75, 3.05) is 11.1 Å². The first-order valence-electron chi connectivity index (χ1n) is 7.57. The van der Waals surface area contributed by atoms with E-state index in [1.807, 2.05) is 6.92 Å². The van der Waals surface area contributed by atoms with E-state index in [2.05, 4.69) is 15.9 Å². The molecule has 0 radical (unpaired) electrons. The van der Waals surface area contributed by atoms with Crippen LogP contribution in [0.5, 0.6) is 0 Å². The van der Waals surface area contributed by atoms with Crippen LogP contribution >= 0.6 is 39.0 Å². The van der Waals surface area contributed by atoms with E-state index in [-0.39, 0.29) is 5.56 Å². The average molecular weight is 403 g/mol. The molecule has 2 aromatic rings. The Kier molecular flexibility index (Phi) is 5.27. The summed E-state index contributed by atoms with van der Waals surface area (Å²) in [5, 5.41) is 11.9. The zero-order valence-corrected chi connectivity index (χ0v) is 15.7. The summed E-state index contributed by atoms with van der Waals surface area (Å²) in [7, 11) is 0. The Morgan fingerprint density at radius 2 is 2.23 bits per heavy atom. The Morgan fingerprint density at radius 1 is 1.45 bits per heavy atom. The van der Waals surface area contributed by atoms with E-state index < -0.39 is 6.10 Å². The molecule has 0 saturated carbocycles. The summed E-state index contributed by atoms with van der Waals surface area (Å²) >= 11 is 6.51. The number of hydrogen-bond donors (Lipinski definition) is 1. The minimum atomic E-state index is -0.581. The van der Waals surface area contributed by atoms with Crippen LogP contribution in [-0.2, 0) is 19.4 Å². The second kappa shape index (κ2) is 7.03. The smallest absolute Gasteiger partial charge is 0.263 e. The zero-order chi connectivity index (χ0) is 15.7. The summed E-state index contributed by atoms with van der Waals surface area (Å²) in [4.78, 5) is 19.9. The number of aliphatic hydroxyl groups excluding tert-OH is 1. The van der Waals surface area contributed by atoms with E-state index in [1.54, 1.807) is 27.7 Å². The molecule has 3 rings (SSSR count). The predicted molar refractivity (Wildman–Crippen MR) is 96.7 cm³/mol. The third kappa shape index (κ3) is 3.00. The summed E-state index contributed by atoms with van der Waals surface area (Å²) in [5.41, 5.74) is 1.22. The first-order valence-corrected chi connectivity index (χ1v) is 10.5. The van der Waals surface area contributed by atoms with Crippen LogP contribution in [0.3, 0.4) is 0 Å². The van der Waals surface area contributed by atoms with Gasteiger partial charge in [-0.25, -0.2) is 4.98 Å². The lowest BCUT2D eigenvalue weighted by atomic mass is 9.97. The minimum absolute atomic E-state index is 0.0142. The molecule has 2 heterocycles. The Balaban J connectivity index is 2.20. The highest BCUT2D eigenvalue weighted by atomic mass is 79.9. The van der Waals surface area contributed by atoms with Gasteiger partial charge in [0.1, 0.15) is 4.83 Å². The SMILES string of the molecule is CCSc1nc2sc3c(c2c(=O)n1C[C@H](O)CBr)CCCC3. The van der Waals surface area contributed by atoms with Crippen LogP contribution in [-0.4, -0.2) is 31.8 Å². The third-order valence-electron chi connectivity index (χ3n) is 3.88. The lowest BCUT2D eigenvalue weighted by molar-refractivity contribution is 0.173. The van der Waals surface area contributed by atoms with Gasteiger partial charge >= 0.3 is 0 Å². The summed E-state index contributed by atoms with van der Waals surface area (Å²) in [6.45, 7) is 2.34. The monoisotopic (exact) mass is 402 g/mol. The molecule has 1 N–H and O–H groups in total. The summed E-state index contributed by atoms with van der Waals surface area (Å²) in [6, 6.07) is 0. The fourth-order valence-electron chi connectivity index (χ4n) is 2.88. The molecular formula is C15H19BrN2O2S2. The fourth-order valence-corrected chi connectivity index (χ4v) is 5.12. The van der Waals surface area contributed by atoms with Crippen molar-refractivity contribution in [3.05, 3.63) is 20.8 Å². The van der Waals surface area contributed by atoms with Crippen molar-refractivity contribution in [1.29, 1.82) is 0 Å². The summed E-state index contributed by atoms with van der Waals surface area (Å²) < 4.78 is 1.66. The Bertz CT molecular complexity index is 741. The molecule has 1 aliphatic carbocycles. The van der Waals surface area contributed by atoms with Crippen molar-refractivity contribution in [2.45, 2.75) is 50.4 Å². The Morgan fingerprint density at radius 3 is 2.95 bits per heavy atom. The molecule has 0 unspecified atom stereocenters. The molecule has 0 saturated heterocycles. The summed E-state index contributed by atoms with van der Waals surface area (Å²) in [6.07, 6.45) is 3.81. The van der Waals surface area contributed by atoms with E-state index >= 15 is 0 Å². The van der Waals surface area contributed by atoms with Crippen molar-refractivity contribution >= 4 is 49.2 Å². The number of rotatable bonds is 5. The van der Waals surface area contributed by atoms with Gasteiger partial charge in [-0.05, 0) is 37.0 Å². The number of hydrogen-bond acceptors (Lipinski definition) is 5. The maximum atomic E-state index is 13.0. The van der Waals surface area contributed by atoms with E-state index in [1.165, 1.54) is 16.9 Å². The molecule has 0 spiro atoms. The molecule has 1 aliphatic rings. The quantitative estimate of drug-likeness (QED) is 0.473. The first-order chi connectivity index (χ1) is 10.7. The standard InChI is InChI=1S/C15H19BrN2O2S2/c1-2-21-15-17-13-12(10-5-3-4-6-11(10)22-13)14(20)18(15)8-9(19)7-16/h9,19H,2-8H2,1H3/t9-/m1/s1. The number of aliphatic hydroxyl groups is 1. The fraction of sp³-hybridized carbons (Fsp3) is 0.600. The van der Waals surface area contributed by atoms with Gasteiger partial charge in [0.05, 0.1) is 18.0 Å². The van der Waals surface area contributed by atoms with Crippen LogP contribution in [0.2, 0.25) is 0 Å². The molecule has 2 aromatic heterocycles. The lowest BCUT2D eigenvalue weighted by Crippen LogP contribution is -2.29. The number of fused-ring (bicyclic) bond motifs is 3. The molecule has 120 valence electrons. The average Bonchev–Trinajstić information content (AvgIpc) is 2.89. The van der Waals surface area contributed by atoms with Gasteiger partial charge < -0.3 is 5.11 Å². The molecular weight excluding hydrogens is 384 g/mol. The Labute approximate surface area is 146 Å². The van der Waals surface area contributed by atoms with Gasteiger partial charge in [-0.1, -0.05) is 34.6 Å². The molecule has 1 atom stereocenters. The van der Waals surface area contributed by atoms with Gasteiger partial charge in [0.2, 0.25) is 0 Å². The van der Waals surface area contributed by atoms with Crippen molar-refractivity contribution in [1.82, 2.24) is 9.55 Å². The normalized spacial score (nSPS) is 16.0. The number of thioether (sulfide) groups is 1. The first kappa shape index (κ1) is 16.5. The second-order valence-corrected chi connectivity index (χ2v) is 8.40. The van der Waals surface area contributed by atoms with Crippen molar-refractivity contribution < 1.29 is 5.11 Å². The van der Waals surface area contributed by atoms with Gasteiger partial charge in [0.15, 0.2) is 5.16 Å². The van der Waals surface area contributed by atoms with E-state index in [0.717, 1.165) is 40.4 Å². The number of aromatic nitrogens is 2. The number of alkyl halides is 1. The molecule has 4 nitrogen and oxygen atoms in total. The highest BCUT2D eigenvalue weighted by molar-refractivity contribution is 9.09. The molecule has 0 aromatic carbocycles. The number of halogens is 1. The number of thiophene rings is 1. The molecule has 0 aliphatic heterocycles. The van der Waals surface area contributed by atoms with Crippen LogP contribution in [0.1, 0.15) is 30.2 Å². The van der Waals surface area contributed by atoms with Crippen LogP contribution in [0.4, 0.5) is 0 Å². The highest BCUT2D eigenvalue weighted by Crippen LogP contribution is 2.34. The van der Waals surface area contributed by atoms with Gasteiger partial charge in [-0.15, -0.1) is 11.3 Å². The third-order valence-corrected chi connectivity index (χ3v) is 6.68. The topological polar surface area (TPSA) is 55.1 Å². The van der Waals surface area contributed by atoms with Gasteiger partial charge in [0.25, 0.3) is 5.56 Å². The maximum Gasteiger partial charge on any atom is 0.263 e. The van der Waals surface area contributed by atoms with E-state index in [9.17, 15) is 9.90 Å². The van der Waals surface area contributed by atoms with Crippen molar-refractivity contribution in [3.63, 3.8) is 0 Å².